The fourth-order valence-electron chi connectivity index (χ4n) is 2.51. The lowest BCUT2D eigenvalue weighted by Crippen LogP contribution is -2.28. The molecule has 1 amide bonds. The lowest BCUT2D eigenvalue weighted by atomic mass is 10.1. The molecular weight excluding hydrogens is 362 g/mol. The van der Waals surface area contributed by atoms with Crippen LogP contribution in [-0.4, -0.2) is 38.0 Å². The third-order valence-corrected chi connectivity index (χ3v) is 4.42. The summed E-state index contributed by atoms with van der Waals surface area (Å²) in [5.74, 6) is 0.234. The highest BCUT2D eigenvalue weighted by molar-refractivity contribution is 7.00. The molecule has 0 aliphatic heterocycles. The van der Waals surface area contributed by atoms with Gasteiger partial charge in [-0.25, -0.2) is 0 Å². The van der Waals surface area contributed by atoms with Crippen molar-refractivity contribution in [2.75, 3.05) is 13.2 Å². The van der Waals surface area contributed by atoms with Gasteiger partial charge in [0.1, 0.15) is 17.6 Å². The van der Waals surface area contributed by atoms with Crippen LogP contribution in [0.15, 0.2) is 60.7 Å². The van der Waals surface area contributed by atoms with Gasteiger partial charge >= 0.3 is 0 Å². The fraction of sp³-hybridized carbons (Fsp3) is 0.105. The van der Waals surface area contributed by atoms with E-state index in [4.69, 9.17) is 4.74 Å². The van der Waals surface area contributed by atoms with Crippen molar-refractivity contribution in [2.45, 2.75) is 0 Å². The second kappa shape index (κ2) is 7.88. The molecule has 0 saturated carbocycles. The number of nitrogens with one attached hydrogen (secondary N) is 1. The average Bonchev–Trinajstić information content (AvgIpc) is 3.20. The van der Waals surface area contributed by atoms with E-state index in [-0.39, 0.29) is 5.91 Å². The van der Waals surface area contributed by atoms with Crippen LogP contribution in [0.1, 0.15) is 10.4 Å². The molecule has 4 aromatic rings. The van der Waals surface area contributed by atoms with E-state index in [0.717, 1.165) is 34.0 Å². The maximum absolute atomic E-state index is 12.2. The Morgan fingerprint density at radius 2 is 1.81 bits per heavy atom. The van der Waals surface area contributed by atoms with E-state index in [9.17, 15) is 4.79 Å². The third-order valence-electron chi connectivity index (χ3n) is 3.86. The van der Waals surface area contributed by atoms with Crippen LogP contribution in [0.25, 0.3) is 22.3 Å². The van der Waals surface area contributed by atoms with E-state index in [1.807, 2.05) is 36.4 Å². The van der Waals surface area contributed by atoms with Crippen molar-refractivity contribution in [3.63, 3.8) is 0 Å². The Morgan fingerprint density at radius 1 is 0.963 bits per heavy atom. The van der Waals surface area contributed by atoms with Crippen LogP contribution in [0, 0.1) is 0 Å². The molecule has 0 fully saturated rings. The van der Waals surface area contributed by atoms with Crippen molar-refractivity contribution in [2.24, 2.45) is 0 Å². The van der Waals surface area contributed by atoms with Crippen molar-refractivity contribution in [3.05, 3.63) is 66.2 Å². The van der Waals surface area contributed by atoms with Crippen molar-refractivity contribution >= 4 is 28.7 Å². The van der Waals surface area contributed by atoms with E-state index in [0.29, 0.717) is 24.6 Å². The standard InChI is InChI=1S/C19H15N5O2S/c25-19(14-6-7-16-17(12-14)24-27-23-16)20-10-11-26-18-9-8-15(21-22-18)13-4-2-1-3-5-13/h1-9,12H,10-11H2,(H,20,25). The highest BCUT2D eigenvalue weighted by atomic mass is 32.1. The Balaban J connectivity index is 1.27. The Labute approximate surface area is 159 Å². The normalized spacial score (nSPS) is 10.7. The number of carbonyl (C=O) groups excluding carboxylic acids is 1. The van der Waals surface area contributed by atoms with Crippen LogP contribution in [0.4, 0.5) is 0 Å². The molecule has 2 heterocycles. The molecule has 2 aromatic heterocycles. The fourth-order valence-corrected chi connectivity index (χ4v) is 3.02. The molecule has 27 heavy (non-hydrogen) atoms. The molecule has 8 heteroatoms. The van der Waals surface area contributed by atoms with Crippen molar-refractivity contribution in [1.29, 1.82) is 0 Å². The number of carbonyl (C=O) groups is 1. The van der Waals surface area contributed by atoms with Crippen molar-refractivity contribution in [1.82, 2.24) is 24.3 Å². The number of benzene rings is 2. The summed E-state index contributed by atoms with van der Waals surface area (Å²) in [6.45, 7) is 0.653. The lowest BCUT2D eigenvalue weighted by Gasteiger charge is -2.07. The molecule has 7 nitrogen and oxygen atoms in total. The van der Waals surface area contributed by atoms with Crippen molar-refractivity contribution in [3.8, 4) is 17.1 Å². The first kappa shape index (κ1) is 17.0. The molecule has 0 aliphatic carbocycles. The number of amides is 1. The SMILES string of the molecule is O=C(NCCOc1ccc(-c2ccccc2)nn1)c1ccc2nsnc2c1. The van der Waals surface area contributed by atoms with Crippen LogP contribution >= 0.6 is 11.7 Å². The number of ether oxygens (including phenoxy) is 1. The van der Waals surface area contributed by atoms with Gasteiger partial charge in [-0.2, -0.15) is 8.75 Å². The molecule has 0 spiro atoms. The number of hydrogen-bond acceptors (Lipinski definition) is 7. The van der Waals surface area contributed by atoms with Gasteiger partial charge in [0.15, 0.2) is 0 Å². The van der Waals surface area contributed by atoms with Gasteiger partial charge in [-0.1, -0.05) is 30.3 Å². The van der Waals surface area contributed by atoms with Gasteiger partial charge in [0.2, 0.25) is 5.88 Å². The molecule has 0 bridgehead atoms. The first-order valence-electron chi connectivity index (χ1n) is 8.32. The second-order valence-corrected chi connectivity index (χ2v) is 6.22. The Morgan fingerprint density at radius 3 is 2.63 bits per heavy atom. The summed E-state index contributed by atoms with van der Waals surface area (Å²) in [6.07, 6.45) is 0. The van der Waals surface area contributed by atoms with E-state index in [1.54, 1.807) is 24.3 Å². The zero-order valence-corrected chi connectivity index (χ0v) is 15.0. The quantitative estimate of drug-likeness (QED) is 0.520. The van der Waals surface area contributed by atoms with Crippen molar-refractivity contribution < 1.29 is 9.53 Å². The molecular formula is C19H15N5O2S. The van der Waals surface area contributed by atoms with Gasteiger partial charge in [-0.3, -0.25) is 4.79 Å². The minimum absolute atomic E-state index is 0.181. The van der Waals surface area contributed by atoms with Gasteiger partial charge in [-0.05, 0) is 24.3 Å². The lowest BCUT2D eigenvalue weighted by molar-refractivity contribution is 0.0946. The average molecular weight is 377 g/mol. The molecule has 134 valence electrons. The van der Waals surface area contributed by atoms with Gasteiger partial charge in [0, 0.05) is 17.2 Å². The predicted molar refractivity (Wildman–Crippen MR) is 103 cm³/mol. The number of nitrogens with zero attached hydrogens (tertiary/aromatic N) is 4. The van der Waals surface area contributed by atoms with Crippen LogP contribution < -0.4 is 10.1 Å². The molecule has 1 N–H and O–H groups in total. The third kappa shape index (κ3) is 4.06. The highest BCUT2D eigenvalue weighted by Gasteiger charge is 2.08. The monoisotopic (exact) mass is 377 g/mol. The number of fused-ring (bicyclic) bond motifs is 1. The zero-order valence-electron chi connectivity index (χ0n) is 14.2. The predicted octanol–water partition coefficient (Wildman–Crippen LogP) is 2.96. The Kier molecular flexibility index (Phi) is 4.97. The second-order valence-electron chi connectivity index (χ2n) is 5.69. The topological polar surface area (TPSA) is 89.9 Å². The van der Waals surface area contributed by atoms with Gasteiger partial charge in [0.25, 0.3) is 5.91 Å². The van der Waals surface area contributed by atoms with Crippen LogP contribution in [0.2, 0.25) is 0 Å². The summed E-state index contributed by atoms with van der Waals surface area (Å²) in [5, 5.41) is 11.0. The summed E-state index contributed by atoms with van der Waals surface area (Å²) >= 11 is 1.13. The molecule has 0 atom stereocenters. The first-order chi connectivity index (χ1) is 13.3. The maximum Gasteiger partial charge on any atom is 0.251 e. The summed E-state index contributed by atoms with van der Waals surface area (Å²) in [5.41, 5.74) is 3.83. The van der Waals surface area contributed by atoms with Crippen LogP contribution in [0.5, 0.6) is 5.88 Å². The van der Waals surface area contributed by atoms with E-state index in [1.165, 1.54) is 0 Å². The number of hydrogen-bond donors (Lipinski definition) is 1. The smallest absolute Gasteiger partial charge is 0.251 e. The van der Waals surface area contributed by atoms with Gasteiger partial charge in [0.05, 0.1) is 24.0 Å². The first-order valence-corrected chi connectivity index (χ1v) is 9.05. The number of aromatic nitrogens is 4. The van der Waals surface area contributed by atoms with E-state index >= 15 is 0 Å². The van der Waals surface area contributed by atoms with E-state index < -0.39 is 0 Å². The largest absolute Gasteiger partial charge is 0.475 e. The van der Waals surface area contributed by atoms with Gasteiger partial charge in [-0.15, -0.1) is 10.2 Å². The van der Waals surface area contributed by atoms with Gasteiger partial charge < -0.3 is 10.1 Å². The Hall–Kier alpha value is -3.39. The maximum atomic E-state index is 12.2. The molecule has 0 aliphatic rings. The van der Waals surface area contributed by atoms with E-state index in [2.05, 4.69) is 24.3 Å². The molecule has 4 rings (SSSR count). The summed E-state index contributed by atoms with van der Waals surface area (Å²) in [4.78, 5) is 12.2. The summed E-state index contributed by atoms with van der Waals surface area (Å²) < 4.78 is 13.8. The Bertz CT molecular complexity index is 1050. The van der Waals surface area contributed by atoms with Crippen LogP contribution in [-0.2, 0) is 0 Å². The molecule has 2 aromatic carbocycles. The summed E-state index contributed by atoms with van der Waals surface area (Å²) in [6, 6.07) is 18.7. The van der Waals surface area contributed by atoms with Crippen LogP contribution in [0.3, 0.4) is 0 Å². The molecule has 0 unspecified atom stereocenters. The minimum atomic E-state index is -0.181. The number of rotatable bonds is 6. The highest BCUT2D eigenvalue weighted by Crippen LogP contribution is 2.17. The summed E-state index contributed by atoms with van der Waals surface area (Å²) in [7, 11) is 0. The molecule has 0 radical (unpaired) electrons. The zero-order chi connectivity index (χ0) is 18.5. The minimum Gasteiger partial charge on any atom is -0.475 e. The molecule has 0 saturated heterocycles.